The van der Waals surface area contributed by atoms with Gasteiger partial charge in [-0.2, -0.15) is 0 Å². The van der Waals surface area contributed by atoms with Crippen LogP contribution in [0.5, 0.6) is 0 Å². The van der Waals surface area contributed by atoms with Crippen molar-refractivity contribution < 1.29 is 4.79 Å². The minimum atomic E-state index is -0.582. The van der Waals surface area contributed by atoms with Crippen LogP contribution in [0.4, 0.5) is 0 Å². The third kappa shape index (κ3) is 2.53. The standard InChI is InChI=1S/C7H9ClO/c1-6(9)7(2,3)4-5-8/h1-3H3. The highest BCUT2D eigenvalue weighted by Crippen LogP contribution is 2.13. The van der Waals surface area contributed by atoms with Gasteiger partial charge in [-0.25, -0.2) is 0 Å². The summed E-state index contributed by atoms with van der Waals surface area (Å²) in [6.07, 6.45) is 0. The molecule has 0 spiro atoms. The van der Waals surface area contributed by atoms with Crippen molar-refractivity contribution in [2.75, 3.05) is 0 Å². The zero-order chi connectivity index (χ0) is 7.49. The lowest BCUT2D eigenvalue weighted by Gasteiger charge is -2.10. The smallest absolute Gasteiger partial charge is 0.147 e. The van der Waals surface area contributed by atoms with Gasteiger partial charge in [0.05, 0.1) is 5.41 Å². The van der Waals surface area contributed by atoms with E-state index in [1.807, 2.05) is 0 Å². The molecule has 0 fully saturated rings. The second-order valence-electron chi connectivity index (χ2n) is 2.40. The Labute approximate surface area is 60.4 Å². The summed E-state index contributed by atoms with van der Waals surface area (Å²) in [6.45, 7) is 4.98. The molecular weight excluding hydrogens is 136 g/mol. The van der Waals surface area contributed by atoms with Crippen LogP contribution >= 0.6 is 11.6 Å². The van der Waals surface area contributed by atoms with Gasteiger partial charge in [-0.1, -0.05) is 5.92 Å². The van der Waals surface area contributed by atoms with Gasteiger partial charge in [-0.05, 0) is 32.4 Å². The lowest BCUT2D eigenvalue weighted by atomic mass is 9.90. The first-order chi connectivity index (χ1) is 4.00. The Bertz CT molecular complexity index is 171. The first kappa shape index (κ1) is 8.52. The van der Waals surface area contributed by atoms with Gasteiger partial charge in [-0.3, -0.25) is 4.79 Å². The van der Waals surface area contributed by atoms with Crippen molar-refractivity contribution in [3.05, 3.63) is 0 Å². The number of carbonyl (C=O) groups excluding carboxylic acids is 1. The minimum Gasteiger partial charge on any atom is -0.298 e. The molecule has 1 nitrogen and oxygen atoms in total. The van der Waals surface area contributed by atoms with E-state index in [-0.39, 0.29) is 5.78 Å². The Morgan fingerprint density at radius 2 is 2.00 bits per heavy atom. The molecule has 50 valence electrons. The molecule has 2 heteroatoms. The minimum absolute atomic E-state index is 0.0376. The van der Waals surface area contributed by atoms with Gasteiger partial charge in [0, 0.05) is 5.38 Å². The summed E-state index contributed by atoms with van der Waals surface area (Å²) in [5.41, 5.74) is -0.582. The zero-order valence-corrected chi connectivity index (χ0v) is 6.54. The fraction of sp³-hybridized carbons (Fsp3) is 0.571. The molecule has 0 unspecified atom stereocenters. The van der Waals surface area contributed by atoms with Crippen LogP contribution in [0.1, 0.15) is 20.8 Å². The summed E-state index contributed by atoms with van der Waals surface area (Å²) in [5.74, 6) is 2.62. The summed E-state index contributed by atoms with van der Waals surface area (Å²) in [5, 5.41) is 2.19. The van der Waals surface area contributed by atoms with Crippen molar-refractivity contribution in [2.45, 2.75) is 20.8 Å². The molecule has 0 aliphatic heterocycles. The van der Waals surface area contributed by atoms with Crippen LogP contribution < -0.4 is 0 Å². The van der Waals surface area contributed by atoms with E-state index in [4.69, 9.17) is 11.6 Å². The number of hydrogen-bond acceptors (Lipinski definition) is 1. The molecule has 0 atom stereocenters. The molecule has 0 amide bonds. The average Bonchev–Trinajstić information content (AvgIpc) is 1.65. The summed E-state index contributed by atoms with van der Waals surface area (Å²) in [6, 6.07) is 0. The lowest BCUT2D eigenvalue weighted by Crippen LogP contribution is -2.18. The predicted molar refractivity (Wildman–Crippen MR) is 38.1 cm³/mol. The van der Waals surface area contributed by atoms with Gasteiger partial charge in [-0.15, -0.1) is 0 Å². The maximum absolute atomic E-state index is 10.7. The van der Waals surface area contributed by atoms with E-state index < -0.39 is 5.41 Å². The topological polar surface area (TPSA) is 17.1 Å². The Kier molecular flexibility index (Phi) is 2.73. The number of ketones is 1. The van der Waals surface area contributed by atoms with Crippen LogP contribution in [0.3, 0.4) is 0 Å². The van der Waals surface area contributed by atoms with Crippen LogP contribution in [0.25, 0.3) is 0 Å². The average molecular weight is 145 g/mol. The molecule has 0 aliphatic carbocycles. The van der Waals surface area contributed by atoms with E-state index in [1.165, 1.54) is 6.92 Å². The van der Waals surface area contributed by atoms with Gasteiger partial charge in [0.15, 0.2) is 0 Å². The van der Waals surface area contributed by atoms with Crippen LogP contribution in [-0.2, 0) is 4.79 Å². The van der Waals surface area contributed by atoms with Crippen LogP contribution in [0.15, 0.2) is 0 Å². The van der Waals surface area contributed by atoms with E-state index in [0.717, 1.165) is 0 Å². The summed E-state index contributed by atoms with van der Waals surface area (Å²) < 4.78 is 0. The molecule has 0 bridgehead atoms. The highest BCUT2D eigenvalue weighted by molar-refractivity contribution is 6.30. The van der Waals surface area contributed by atoms with Crippen molar-refractivity contribution >= 4 is 17.4 Å². The fourth-order valence-corrected chi connectivity index (χ4v) is 0.442. The van der Waals surface area contributed by atoms with Crippen molar-refractivity contribution in [3.8, 4) is 11.3 Å². The summed E-state index contributed by atoms with van der Waals surface area (Å²) in [7, 11) is 0. The van der Waals surface area contributed by atoms with E-state index in [9.17, 15) is 4.79 Å². The second kappa shape index (κ2) is 2.89. The van der Waals surface area contributed by atoms with Crippen LogP contribution in [0, 0.1) is 16.7 Å². The molecule has 0 aromatic heterocycles. The fourth-order valence-electron chi connectivity index (χ4n) is 0.206. The zero-order valence-electron chi connectivity index (χ0n) is 5.79. The van der Waals surface area contributed by atoms with Crippen molar-refractivity contribution in [2.24, 2.45) is 5.41 Å². The number of halogens is 1. The predicted octanol–water partition coefficient (Wildman–Crippen LogP) is 1.80. The molecule has 0 N–H and O–H groups in total. The molecule has 0 aromatic carbocycles. The molecule has 0 saturated carbocycles. The normalized spacial score (nSPS) is 9.78. The molecule has 9 heavy (non-hydrogen) atoms. The maximum atomic E-state index is 10.7. The van der Waals surface area contributed by atoms with Crippen LogP contribution in [0.2, 0.25) is 0 Å². The molecule has 0 rings (SSSR count). The molecular formula is C7H9ClO. The van der Waals surface area contributed by atoms with E-state index in [0.29, 0.717) is 0 Å². The highest BCUT2D eigenvalue weighted by Gasteiger charge is 2.19. The van der Waals surface area contributed by atoms with Gasteiger partial charge in [0.25, 0.3) is 0 Å². The highest BCUT2D eigenvalue weighted by atomic mass is 35.5. The Morgan fingerprint density at radius 3 is 2.11 bits per heavy atom. The lowest BCUT2D eigenvalue weighted by molar-refractivity contribution is -0.122. The SMILES string of the molecule is CC(=O)C(C)(C)C#CCl. The summed E-state index contributed by atoms with van der Waals surface area (Å²) >= 11 is 5.12. The molecule has 0 saturated heterocycles. The van der Waals surface area contributed by atoms with Gasteiger partial charge < -0.3 is 0 Å². The first-order valence-corrected chi connectivity index (χ1v) is 3.02. The number of rotatable bonds is 1. The Morgan fingerprint density at radius 1 is 1.56 bits per heavy atom. The third-order valence-corrected chi connectivity index (χ3v) is 1.33. The van der Waals surface area contributed by atoms with Crippen LogP contribution in [-0.4, -0.2) is 5.78 Å². The van der Waals surface area contributed by atoms with Gasteiger partial charge in [0.1, 0.15) is 5.78 Å². The van der Waals surface area contributed by atoms with E-state index in [2.05, 4.69) is 11.3 Å². The number of carbonyl (C=O) groups is 1. The van der Waals surface area contributed by atoms with Crippen molar-refractivity contribution in [1.29, 1.82) is 0 Å². The first-order valence-electron chi connectivity index (χ1n) is 2.64. The monoisotopic (exact) mass is 144 g/mol. The largest absolute Gasteiger partial charge is 0.298 e. The van der Waals surface area contributed by atoms with Crippen molar-refractivity contribution in [3.63, 3.8) is 0 Å². The third-order valence-electron chi connectivity index (χ3n) is 1.24. The van der Waals surface area contributed by atoms with E-state index >= 15 is 0 Å². The number of Topliss-reactive ketones (excluding diaryl/α,β-unsaturated/α-hetero) is 1. The molecule has 0 heterocycles. The molecule has 0 aromatic rings. The van der Waals surface area contributed by atoms with Gasteiger partial charge >= 0.3 is 0 Å². The van der Waals surface area contributed by atoms with Crippen molar-refractivity contribution in [1.82, 2.24) is 0 Å². The van der Waals surface area contributed by atoms with E-state index in [1.54, 1.807) is 13.8 Å². The maximum Gasteiger partial charge on any atom is 0.147 e. The number of hydrogen-bond donors (Lipinski definition) is 0. The summed E-state index contributed by atoms with van der Waals surface area (Å²) in [4.78, 5) is 10.7. The Hall–Kier alpha value is -0.480. The molecule has 0 radical (unpaired) electrons. The molecule has 0 aliphatic rings. The second-order valence-corrected chi connectivity index (χ2v) is 2.59. The van der Waals surface area contributed by atoms with Gasteiger partial charge in [0.2, 0.25) is 0 Å². The quantitative estimate of drug-likeness (QED) is 0.513. The Balaban J connectivity index is 4.32.